The zero-order chi connectivity index (χ0) is 8.98. The Bertz CT molecular complexity index is 90.8. The molecule has 0 aromatic rings. The van der Waals surface area contributed by atoms with E-state index in [0.29, 0.717) is 0 Å². The van der Waals surface area contributed by atoms with Crippen molar-refractivity contribution < 1.29 is 20.4 Å². The molecule has 0 unspecified atom stereocenters. The molecule has 0 fully saturated rings. The zero-order valence-corrected chi connectivity index (χ0v) is 7.80. The maximum absolute atomic E-state index is 8.92. The molecule has 0 aliphatic heterocycles. The van der Waals surface area contributed by atoms with Gasteiger partial charge in [0, 0.05) is 0 Å². The van der Waals surface area contributed by atoms with Crippen LogP contribution < -0.4 is 0 Å². The normalized spacial score (nSPS) is 15.9. The van der Waals surface area contributed by atoms with Crippen molar-refractivity contribution in [3.05, 3.63) is 0 Å². The molecule has 0 spiro atoms. The molecular formula is C5H14ClO4P. The molecule has 0 amide bonds. The van der Waals surface area contributed by atoms with Crippen molar-refractivity contribution in [3.8, 4) is 0 Å². The summed E-state index contributed by atoms with van der Waals surface area (Å²) in [6, 6.07) is 0. The summed E-state index contributed by atoms with van der Waals surface area (Å²) in [5.74, 6) is 0. The quantitative estimate of drug-likeness (QED) is 0.361. The summed E-state index contributed by atoms with van der Waals surface area (Å²) in [7, 11) is 0. The van der Waals surface area contributed by atoms with E-state index in [4.69, 9.17) is 32.0 Å². The van der Waals surface area contributed by atoms with Gasteiger partial charge in [-0.15, -0.1) is 0 Å². The van der Waals surface area contributed by atoms with Crippen LogP contribution in [0.1, 0.15) is 0 Å². The Labute approximate surface area is 70.3 Å². The Hall–Kier alpha value is 0.560. The van der Waals surface area contributed by atoms with Crippen molar-refractivity contribution in [2.45, 2.75) is 0 Å². The number of halogens is 1. The van der Waals surface area contributed by atoms with E-state index in [9.17, 15) is 0 Å². The number of alkyl halides is 1. The molecule has 0 aliphatic carbocycles. The Kier molecular flexibility index (Phi) is 4.19. The Morgan fingerprint density at radius 3 is 1.09 bits per heavy atom. The molecule has 0 bridgehead atoms. The molecule has 0 aliphatic rings. The van der Waals surface area contributed by atoms with Crippen molar-refractivity contribution in [1.29, 1.82) is 0 Å². The van der Waals surface area contributed by atoms with Gasteiger partial charge in [0.2, 0.25) is 0 Å². The van der Waals surface area contributed by atoms with E-state index in [-0.39, 0.29) is 5.62 Å². The van der Waals surface area contributed by atoms with Gasteiger partial charge in [-0.05, 0) is 0 Å². The monoisotopic (exact) mass is 204 g/mol. The summed E-state index contributed by atoms with van der Waals surface area (Å²) < 4.78 is 0. The summed E-state index contributed by atoms with van der Waals surface area (Å²) >= 11 is 5.50. The van der Waals surface area contributed by atoms with Gasteiger partial charge in [-0.2, -0.15) is 0 Å². The van der Waals surface area contributed by atoms with Crippen LogP contribution in [0.3, 0.4) is 0 Å². The Balaban J connectivity index is 4.67. The summed E-state index contributed by atoms with van der Waals surface area (Å²) in [5, 5.41) is 35.7. The first-order valence-electron chi connectivity index (χ1n) is 3.11. The third-order valence-corrected chi connectivity index (χ3v) is 7.84. The van der Waals surface area contributed by atoms with Gasteiger partial charge < -0.3 is 0 Å². The van der Waals surface area contributed by atoms with Crippen LogP contribution in [0, 0.1) is 0 Å². The summed E-state index contributed by atoms with van der Waals surface area (Å²) in [5.41, 5.74) is -0.0639. The molecule has 0 atom stereocenters. The predicted octanol–water partition coefficient (Wildman–Crippen LogP) is -0.465. The van der Waals surface area contributed by atoms with Crippen LogP contribution in [0.2, 0.25) is 0 Å². The topological polar surface area (TPSA) is 80.9 Å². The van der Waals surface area contributed by atoms with Gasteiger partial charge >= 0.3 is 69.6 Å². The van der Waals surface area contributed by atoms with E-state index >= 15 is 0 Å². The first-order valence-corrected chi connectivity index (χ1v) is 6.81. The van der Waals surface area contributed by atoms with Crippen LogP contribution in [0.5, 0.6) is 0 Å². The SMILES string of the molecule is OCP(CO)(CO)(CO)CCl. The number of aliphatic hydroxyl groups excluding tert-OH is 4. The van der Waals surface area contributed by atoms with E-state index < -0.39 is 32.0 Å². The van der Waals surface area contributed by atoms with Gasteiger partial charge in [0.15, 0.2) is 0 Å². The second kappa shape index (κ2) is 3.99. The van der Waals surface area contributed by atoms with Gasteiger partial charge in [-0.3, -0.25) is 0 Å². The molecule has 0 aromatic heterocycles. The van der Waals surface area contributed by atoms with Crippen molar-refractivity contribution in [1.82, 2.24) is 0 Å². The number of hydrogen-bond donors (Lipinski definition) is 4. The summed E-state index contributed by atoms with van der Waals surface area (Å²) in [6.45, 7) is -3.19. The first kappa shape index (κ1) is 11.6. The molecule has 11 heavy (non-hydrogen) atoms. The molecular weight excluding hydrogens is 190 g/mol. The molecule has 0 heterocycles. The molecule has 6 heteroatoms. The minimum absolute atomic E-state index is 0.0639. The Morgan fingerprint density at radius 1 is 0.818 bits per heavy atom. The molecule has 0 saturated carbocycles. The second-order valence-electron chi connectivity index (χ2n) is 2.92. The molecule has 0 aromatic carbocycles. The minimum atomic E-state index is -3.19. The van der Waals surface area contributed by atoms with Gasteiger partial charge in [0.25, 0.3) is 0 Å². The maximum atomic E-state index is 8.92. The molecule has 70 valence electrons. The number of hydrogen-bond acceptors (Lipinski definition) is 4. The first-order chi connectivity index (χ1) is 5.12. The van der Waals surface area contributed by atoms with Crippen molar-refractivity contribution >= 4 is 18.2 Å². The van der Waals surface area contributed by atoms with E-state index in [2.05, 4.69) is 0 Å². The van der Waals surface area contributed by atoms with Crippen LogP contribution in [0.25, 0.3) is 0 Å². The average molecular weight is 205 g/mol. The van der Waals surface area contributed by atoms with Crippen molar-refractivity contribution in [2.24, 2.45) is 0 Å². The second-order valence-corrected chi connectivity index (χ2v) is 9.48. The molecule has 4 N–H and O–H groups in total. The fourth-order valence-electron chi connectivity index (χ4n) is 0.420. The molecule has 0 saturated heterocycles. The summed E-state index contributed by atoms with van der Waals surface area (Å²) in [4.78, 5) is 0. The summed E-state index contributed by atoms with van der Waals surface area (Å²) in [6.07, 6.45) is -1.67. The predicted molar refractivity (Wildman–Crippen MR) is 46.0 cm³/mol. The van der Waals surface area contributed by atoms with Crippen LogP contribution >= 0.6 is 18.2 Å². The van der Waals surface area contributed by atoms with Gasteiger partial charge in [-0.25, -0.2) is 0 Å². The molecule has 0 rings (SSSR count). The van der Waals surface area contributed by atoms with Crippen LogP contribution in [0.4, 0.5) is 0 Å². The third kappa shape index (κ3) is 1.83. The van der Waals surface area contributed by atoms with Gasteiger partial charge in [0.05, 0.1) is 0 Å². The van der Waals surface area contributed by atoms with E-state index in [1.807, 2.05) is 0 Å². The third-order valence-electron chi connectivity index (χ3n) is 1.94. The van der Waals surface area contributed by atoms with E-state index in [1.165, 1.54) is 0 Å². The Morgan fingerprint density at radius 2 is 1.09 bits per heavy atom. The fourth-order valence-corrected chi connectivity index (χ4v) is 2.17. The fraction of sp³-hybridized carbons (Fsp3) is 1.00. The van der Waals surface area contributed by atoms with Crippen molar-refractivity contribution in [3.63, 3.8) is 0 Å². The van der Waals surface area contributed by atoms with Gasteiger partial charge in [0.1, 0.15) is 0 Å². The van der Waals surface area contributed by atoms with Crippen LogP contribution in [-0.2, 0) is 0 Å². The zero-order valence-electron chi connectivity index (χ0n) is 6.15. The van der Waals surface area contributed by atoms with Crippen LogP contribution in [0.15, 0.2) is 0 Å². The standard InChI is InChI=1S/C5H14ClO4P/c6-1-11(2-7,3-8,4-9)5-10/h7-10H,1-5H2. The number of rotatable bonds is 5. The molecule has 0 radical (unpaired) electrons. The number of aliphatic hydroxyl groups is 4. The molecule has 4 nitrogen and oxygen atoms in total. The van der Waals surface area contributed by atoms with E-state index in [1.54, 1.807) is 0 Å². The van der Waals surface area contributed by atoms with E-state index in [0.717, 1.165) is 0 Å². The van der Waals surface area contributed by atoms with Crippen LogP contribution in [-0.4, -0.2) is 51.4 Å². The average Bonchev–Trinajstić information content (AvgIpc) is 2.12. The van der Waals surface area contributed by atoms with Gasteiger partial charge in [-0.1, -0.05) is 0 Å². The van der Waals surface area contributed by atoms with Crippen molar-refractivity contribution in [2.75, 3.05) is 31.0 Å².